The van der Waals surface area contributed by atoms with Crippen LogP contribution in [0.25, 0.3) is 0 Å². The molecule has 0 saturated carbocycles. The Balaban J connectivity index is 1.61. The van der Waals surface area contributed by atoms with Gasteiger partial charge in [-0.05, 0) is 74.1 Å². The molecule has 0 atom stereocenters. The van der Waals surface area contributed by atoms with Crippen LogP contribution in [0.1, 0.15) is 30.4 Å². The fourth-order valence-corrected chi connectivity index (χ4v) is 4.32. The van der Waals surface area contributed by atoms with Crippen LogP contribution in [-0.4, -0.2) is 31.0 Å². The average Bonchev–Trinajstić information content (AvgIpc) is 2.70. The molecule has 0 radical (unpaired) electrons. The normalized spacial score (nSPS) is 14.5. The summed E-state index contributed by atoms with van der Waals surface area (Å²) >= 11 is 1.71. The van der Waals surface area contributed by atoms with Gasteiger partial charge in [-0.1, -0.05) is 36.0 Å². The van der Waals surface area contributed by atoms with Crippen molar-refractivity contribution in [2.24, 2.45) is 0 Å². The predicted octanol–water partition coefficient (Wildman–Crippen LogP) is 5.27. The van der Waals surface area contributed by atoms with Crippen molar-refractivity contribution in [1.29, 1.82) is 0 Å². The molecule has 142 valence electrons. The Kier molecular flexibility index (Phi) is 6.99. The molecule has 1 heterocycles. The van der Waals surface area contributed by atoms with E-state index in [1.807, 2.05) is 29.2 Å². The van der Waals surface area contributed by atoms with Gasteiger partial charge in [0.05, 0.1) is 12.0 Å². The Morgan fingerprint density at radius 1 is 1.15 bits per heavy atom. The lowest BCUT2D eigenvalue weighted by Crippen LogP contribution is -2.34. The Morgan fingerprint density at radius 2 is 1.93 bits per heavy atom. The molecule has 1 aliphatic heterocycles. The second kappa shape index (κ2) is 9.65. The maximum absolute atomic E-state index is 12.2. The molecule has 0 aromatic heterocycles. The molecule has 3 nitrogen and oxygen atoms in total. The number of aryl methyl sites for hydroxylation is 1. The molecule has 4 heteroatoms. The maximum Gasteiger partial charge on any atom is 0.246 e. The third kappa shape index (κ3) is 5.39. The van der Waals surface area contributed by atoms with Crippen molar-refractivity contribution in [1.82, 2.24) is 4.90 Å². The lowest BCUT2D eigenvalue weighted by atomic mass is 10.1. The van der Waals surface area contributed by atoms with Crippen LogP contribution in [0.4, 0.5) is 0 Å². The number of allylic oxidation sites excluding steroid dienone is 1. The topological polar surface area (TPSA) is 29.5 Å². The number of hydrogen-bond donors (Lipinski definition) is 0. The molecule has 1 saturated heterocycles. The van der Waals surface area contributed by atoms with Gasteiger partial charge in [-0.25, -0.2) is 0 Å². The van der Waals surface area contributed by atoms with Gasteiger partial charge >= 0.3 is 0 Å². The fraction of sp³-hybridized carbons (Fsp3) is 0.348. The molecular weight excluding hydrogens is 354 g/mol. The molecule has 0 bridgehead atoms. The van der Waals surface area contributed by atoms with Gasteiger partial charge in [0, 0.05) is 18.0 Å². The summed E-state index contributed by atoms with van der Waals surface area (Å²) in [7, 11) is 1.70. The minimum Gasteiger partial charge on any atom is -0.496 e. The third-order valence-electron chi connectivity index (χ3n) is 4.88. The van der Waals surface area contributed by atoms with Crippen molar-refractivity contribution >= 4 is 17.7 Å². The molecule has 27 heavy (non-hydrogen) atoms. The molecule has 1 amide bonds. The van der Waals surface area contributed by atoms with Gasteiger partial charge in [-0.15, -0.1) is 0 Å². The van der Waals surface area contributed by atoms with Crippen LogP contribution in [0, 0.1) is 6.92 Å². The van der Waals surface area contributed by atoms with E-state index in [1.54, 1.807) is 24.9 Å². The molecule has 0 aliphatic carbocycles. The summed E-state index contributed by atoms with van der Waals surface area (Å²) in [5, 5.41) is 0. The molecule has 0 spiro atoms. The van der Waals surface area contributed by atoms with Gasteiger partial charge in [-0.3, -0.25) is 4.79 Å². The van der Waals surface area contributed by atoms with Crippen LogP contribution in [0.2, 0.25) is 0 Å². The van der Waals surface area contributed by atoms with Crippen LogP contribution in [0.3, 0.4) is 0 Å². The van der Waals surface area contributed by atoms with Crippen LogP contribution < -0.4 is 4.74 Å². The zero-order chi connectivity index (χ0) is 19.1. The number of ether oxygens (including phenoxy) is 1. The van der Waals surface area contributed by atoms with Crippen molar-refractivity contribution in [2.45, 2.75) is 42.4 Å². The van der Waals surface area contributed by atoms with E-state index in [9.17, 15) is 4.79 Å². The van der Waals surface area contributed by atoms with E-state index in [1.165, 1.54) is 22.4 Å². The van der Waals surface area contributed by atoms with Gasteiger partial charge in [0.25, 0.3) is 0 Å². The minimum atomic E-state index is 0.149. The van der Waals surface area contributed by atoms with E-state index in [4.69, 9.17) is 4.74 Å². The number of para-hydroxylation sites is 1. The number of carbonyl (C=O) groups excluding carboxylic acids is 1. The van der Waals surface area contributed by atoms with E-state index in [2.05, 4.69) is 31.2 Å². The first-order valence-electron chi connectivity index (χ1n) is 9.53. The third-order valence-corrected chi connectivity index (χ3v) is 5.92. The predicted molar refractivity (Wildman–Crippen MR) is 112 cm³/mol. The molecule has 1 fully saturated rings. The zero-order valence-electron chi connectivity index (χ0n) is 16.1. The molecular formula is C23H27NO2S. The van der Waals surface area contributed by atoms with Crippen molar-refractivity contribution in [3.05, 3.63) is 65.7 Å². The van der Waals surface area contributed by atoms with Gasteiger partial charge in [0.2, 0.25) is 5.91 Å². The van der Waals surface area contributed by atoms with E-state index in [0.717, 1.165) is 43.0 Å². The summed E-state index contributed by atoms with van der Waals surface area (Å²) in [5.41, 5.74) is 2.49. The summed E-state index contributed by atoms with van der Waals surface area (Å²) in [5.74, 6) is 1.04. The summed E-state index contributed by atoms with van der Waals surface area (Å²) in [6, 6.07) is 14.6. The second-order valence-electron chi connectivity index (χ2n) is 6.83. The number of hydrogen-bond acceptors (Lipinski definition) is 3. The van der Waals surface area contributed by atoms with Gasteiger partial charge in [0.15, 0.2) is 0 Å². The van der Waals surface area contributed by atoms with E-state index in [0.29, 0.717) is 0 Å². The lowest BCUT2D eigenvalue weighted by molar-refractivity contribution is -0.126. The summed E-state index contributed by atoms with van der Waals surface area (Å²) in [4.78, 5) is 16.5. The summed E-state index contributed by atoms with van der Waals surface area (Å²) < 4.78 is 5.43. The smallest absolute Gasteiger partial charge is 0.246 e. The maximum atomic E-state index is 12.2. The Hall–Kier alpha value is -2.20. The summed E-state index contributed by atoms with van der Waals surface area (Å²) in [6.45, 7) is 3.93. The zero-order valence-corrected chi connectivity index (χ0v) is 16.9. The van der Waals surface area contributed by atoms with Crippen LogP contribution in [-0.2, 0) is 11.2 Å². The number of carbonyl (C=O) groups is 1. The number of nitrogens with zero attached hydrogens (tertiary/aromatic N) is 1. The number of amides is 1. The molecule has 3 rings (SSSR count). The SMILES string of the molecule is COc1ccccc1Sc1ccc(CC=CC(=O)N2CCCCC2)c(C)c1. The standard InChI is InChI=1S/C23H27NO2S/c1-18-17-20(27-22-11-5-4-10-21(22)26-2)14-13-19(18)9-8-12-23(25)24-15-6-3-7-16-24/h4-5,8,10-14,17H,3,6-7,9,15-16H2,1-2H3. The lowest BCUT2D eigenvalue weighted by Gasteiger charge is -2.25. The quantitative estimate of drug-likeness (QED) is 0.639. The van der Waals surface area contributed by atoms with Crippen molar-refractivity contribution in [3.63, 3.8) is 0 Å². The first kappa shape index (κ1) is 19.6. The minimum absolute atomic E-state index is 0.149. The molecule has 1 aliphatic rings. The van der Waals surface area contributed by atoms with Crippen LogP contribution in [0.5, 0.6) is 5.75 Å². The van der Waals surface area contributed by atoms with E-state index in [-0.39, 0.29) is 5.91 Å². The Labute approximate surface area is 166 Å². The highest BCUT2D eigenvalue weighted by Crippen LogP contribution is 2.35. The van der Waals surface area contributed by atoms with Gasteiger partial charge in [-0.2, -0.15) is 0 Å². The molecule has 2 aromatic rings. The van der Waals surface area contributed by atoms with E-state index < -0.39 is 0 Å². The summed E-state index contributed by atoms with van der Waals surface area (Å²) in [6.07, 6.45) is 8.01. The number of piperidine rings is 1. The fourth-order valence-electron chi connectivity index (χ4n) is 3.30. The van der Waals surface area contributed by atoms with Crippen molar-refractivity contribution in [2.75, 3.05) is 20.2 Å². The highest BCUT2D eigenvalue weighted by atomic mass is 32.2. The monoisotopic (exact) mass is 381 g/mol. The highest BCUT2D eigenvalue weighted by molar-refractivity contribution is 7.99. The van der Waals surface area contributed by atoms with Crippen LogP contribution >= 0.6 is 11.8 Å². The van der Waals surface area contributed by atoms with Crippen LogP contribution in [0.15, 0.2) is 64.4 Å². The first-order chi connectivity index (χ1) is 13.2. The van der Waals surface area contributed by atoms with Gasteiger partial charge in [0.1, 0.15) is 5.75 Å². The molecule has 2 aromatic carbocycles. The van der Waals surface area contributed by atoms with Crippen molar-refractivity contribution < 1.29 is 9.53 Å². The molecule has 0 N–H and O–H groups in total. The highest BCUT2D eigenvalue weighted by Gasteiger charge is 2.13. The van der Waals surface area contributed by atoms with Gasteiger partial charge < -0.3 is 9.64 Å². The van der Waals surface area contributed by atoms with E-state index >= 15 is 0 Å². The number of benzene rings is 2. The Morgan fingerprint density at radius 3 is 2.67 bits per heavy atom. The number of methoxy groups -OCH3 is 1. The molecule has 0 unspecified atom stereocenters. The first-order valence-corrected chi connectivity index (χ1v) is 10.3. The largest absolute Gasteiger partial charge is 0.496 e. The Bertz CT molecular complexity index is 810. The number of rotatable bonds is 6. The second-order valence-corrected chi connectivity index (χ2v) is 7.95. The number of likely N-dealkylation sites (tertiary alicyclic amines) is 1. The average molecular weight is 382 g/mol. The van der Waals surface area contributed by atoms with Crippen molar-refractivity contribution in [3.8, 4) is 5.75 Å².